The van der Waals surface area contributed by atoms with Crippen molar-refractivity contribution >= 4 is 22.9 Å². The summed E-state index contributed by atoms with van der Waals surface area (Å²) in [5, 5.41) is 11.3. The predicted octanol–water partition coefficient (Wildman–Crippen LogP) is 2.11. The number of likely N-dealkylation sites (tertiary alicyclic amines) is 1. The Morgan fingerprint density at radius 1 is 1.20 bits per heavy atom. The van der Waals surface area contributed by atoms with Gasteiger partial charge in [-0.25, -0.2) is 15.0 Å². The van der Waals surface area contributed by atoms with E-state index in [1.54, 1.807) is 30.4 Å². The smallest absolute Gasteiger partial charge is 0.254 e. The first-order valence-corrected chi connectivity index (χ1v) is 12.4. The summed E-state index contributed by atoms with van der Waals surface area (Å²) < 4.78 is 7.79. The number of hydrogen-bond acceptors (Lipinski definition) is 8. The Bertz CT molecular complexity index is 1180. The first-order chi connectivity index (χ1) is 17.0. The molecule has 2 aromatic heterocycles. The van der Waals surface area contributed by atoms with E-state index in [1.807, 2.05) is 16.7 Å². The van der Waals surface area contributed by atoms with Crippen LogP contribution in [0.4, 0.5) is 5.82 Å². The van der Waals surface area contributed by atoms with Gasteiger partial charge in [0.15, 0.2) is 11.5 Å². The number of carbonyl (C=O) groups is 1. The van der Waals surface area contributed by atoms with E-state index in [1.165, 1.54) is 19.2 Å². The number of aliphatic hydroxyl groups is 1. The van der Waals surface area contributed by atoms with Crippen LogP contribution in [0.1, 0.15) is 48.5 Å². The first-order valence-electron chi connectivity index (χ1n) is 12.4. The van der Waals surface area contributed by atoms with Gasteiger partial charge in [-0.15, -0.1) is 0 Å². The average molecular weight is 480 g/mol. The molecular weight excluding hydrogens is 446 g/mol. The summed E-state index contributed by atoms with van der Waals surface area (Å²) in [6.07, 6.45) is 7.13. The normalized spacial score (nSPS) is 23.0. The minimum Gasteiger partial charge on any atom is -0.492 e. The molecule has 0 unspecified atom stereocenters. The number of aliphatic hydroxyl groups excluding tert-OH is 1. The number of benzene rings is 1. The molecule has 1 amide bonds. The van der Waals surface area contributed by atoms with Crippen molar-refractivity contribution in [2.75, 3.05) is 39.0 Å². The molecule has 3 N–H and O–H groups in total. The van der Waals surface area contributed by atoms with Crippen LogP contribution in [0.3, 0.4) is 0 Å². The van der Waals surface area contributed by atoms with E-state index in [2.05, 4.69) is 19.9 Å². The van der Waals surface area contributed by atoms with Gasteiger partial charge in [-0.1, -0.05) is 6.07 Å². The number of carbonyl (C=O) groups excluding carboxylic acids is 1. The molecule has 3 heterocycles. The Labute approximate surface area is 204 Å². The minimum atomic E-state index is -0.772. The SMILES string of the molecule is CN(C(=O)c1cccc(OCCN2CCCC2)c1)[C@@H]1CCC[C@@H](n2cnc3c(N)ncnc32)[C@@H]1O. The van der Waals surface area contributed by atoms with E-state index >= 15 is 0 Å². The molecule has 1 saturated heterocycles. The fourth-order valence-corrected chi connectivity index (χ4v) is 5.35. The van der Waals surface area contributed by atoms with E-state index in [-0.39, 0.29) is 18.0 Å². The van der Waals surface area contributed by atoms with Crippen LogP contribution in [0, 0.1) is 0 Å². The summed E-state index contributed by atoms with van der Waals surface area (Å²) in [6, 6.07) is 6.71. The molecule has 1 aliphatic carbocycles. The summed E-state index contributed by atoms with van der Waals surface area (Å²) >= 11 is 0. The Hall–Kier alpha value is -3.24. The first kappa shape index (κ1) is 23.5. The maximum atomic E-state index is 13.4. The number of aromatic nitrogens is 4. The second-order valence-corrected chi connectivity index (χ2v) is 9.48. The molecule has 3 aromatic rings. The standard InChI is InChI=1S/C25H33N7O3/c1-30(25(34)17-6-4-7-18(14-17)35-13-12-31-10-2-3-11-31)19-8-5-9-20(22(19)33)32-16-29-21-23(26)27-15-28-24(21)32/h4,6-7,14-16,19-20,22,33H,2-3,5,8-13H2,1H3,(H2,26,27,28)/t19-,20-,22-/m1/s1. The molecule has 0 spiro atoms. The molecule has 186 valence electrons. The Morgan fingerprint density at radius 2 is 2.03 bits per heavy atom. The van der Waals surface area contributed by atoms with Crippen molar-refractivity contribution in [2.45, 2.75) is 50.3 Å². The van der Waals surface area contributed by atoms with Crippen molar-refractivity contribution in [3.05, 3.63) is 42.5 Å². The third-order valence-electron chi connectivity index (χ3n) is 7.31. The van der Waals surface area contributed by atoms with Crippen molar-refractivity contribution in [1.82, 2.24) is 29.3 Å². The predicted molar refractivity (Wildman–Crippen MR) is 132 cm³/mol. The van der Waals surface area contributed by atoms with E-state index in [0.29, 0.717) is 34.9 Å². The molecule has 35 heavy (non-hydrogen) atoms. The number of anilines is 1. The van der Waals surface area contributed by atoms with Gasteiger partial charge in [-0.2, -0.15) is 0 Å². The molecule has 10 heteroatoms. The number of fused-ring (bicyclic) bond motifs is 1. The number of rotatable bonds is 7. The van der Waals surface area contributed by atoms with Gasteiger partial charge in [0, 0.05) is 19.2 Å². The lowest BCUT2D eigenvalue weighted by molar-refractivity contribution is 0.0000737. The summed E-state index contributed by atoms with van der Waals surface area (Å²) in [5.41, 5.74) is 7.60. The lowest BCUT2D eigenvalue weighted by Gasteiger charge is -2.40. The summed E-state index contributed by atoms with van der Waals surface area (Å²) in [7, 11) is 1.76. The van der Waals surface area contributed by atoms with Crippen LogP contribution in [-0.2, 0) is 0 Å². The third kappa shape index (κ3) is 4.81. The number of ether oxygens (including phenoxy) is 1. The highest BCUT2D eigenvalue weighted by molar-refractivity contribution is 5.94. The van der Waals surface area contributed by atoms with Crippen molar-refractivity contribution in [1.29, 1.82) is 0 Å². The summed E-state index contributed by atoms with van der Waals surface area (Å²) in [5.74, 6) is 0.861. The third-order valence-corrected chi connectivity index (χ3v) is 7.31. The molecule has 10 nitrogen and oxygen atoms in total. The highest BCUT2D eigenvalue weighted by atomic mass is 16.5. The Kier molecular flexibility index (Phi) is 6.83. The van der Waals surface area contributed by atoms with Crippen molar-refractivity contribution in [2.24, 2.45) is 0 Å². The number of nitrogens with two attached hydrogens (primary N) is 1. The van der Waals surface area contributed by atoms with Gasteiger partial charge in [0.25, 0.3) is 5.91 Å². The van der Waals surface area contributed by atoms with Crippen LogP contribution >= 0.6 is 0 Å². The second kappa shape index (κ2) is 10.2. The zero-order valence-electron chi connectivity index (χ0n) is 20.1. The number of nitrogens with zero attached hydrogens (tertiary/aromatic N) is 6. The van der Waals surface area contributed by atoms with Crippen LogP contribution < -0.4 is 10.5 Å². The molecule has 3 atom stereocenters. The number of nitrogen functional groups attached to an aromatic ring is 1. The molecule has 1 saturated carbocycles. The average Bonchev–Trinajstić information content (AvgIpc) is 3.54. The fourth-order valence-electron chi connectivity index (χ4n) is 5.35. The quantitative estimate of drug-likeness (QED) is 0.528. The van der Waals surface area contributed by atoms with Gasteiger partial charge >= 0.3 is 0 Å². The summed E-state index contributed by atoms with van der Waals surface area (Å²) in [4.78, 5) is 30.1. The van der Waals surface area contributed by atoms with Gasteiger partial charge in [0.1, 0.15) is 24.2 Å². The minimum absolute atomic E-state index is 0.137. The monoisotopic (exact) mass is 479 g/mol. The van der Waals surface area contributed by atoms with Gasteiger partial charge < -0.3 is 25.0 Å². The molecule has 5 rings (SSSR count). The number of amides is 1. The van der Waals surface area contributed by atoms with Crippen molar-refractivity contribution in [3.8, 4) is 5.75 Å². The van der Waals surface area contributed by atoms with Gasteiger partial charge in [-0.05, 0) is 63.4 Å². The van der Waals surface area contributed by atoms with E-state index in [9.17, 15) is 9.90 Å². The Morgan fingerprint density at radius 3 is 2.86 bits per heavy atom. The maximum Gasteiger partial charge on any atom is 0.254 e. The zero-order chi connectivity index (χ0) is 24.4. The van der Waals surface area contributed by atoms with Crippen LogP contribution in [0.2, 0.25) is 0 Å². The molecule has 1 aromatic carbocycles. The molecular formula is C25H33N7O3. The van der Waals surface area contributed by atoms with Crippen LogP contribution in [0.15, 0.2) is 36.9 Å². The second-order valence-electron chi connectivity index (χ2n) is 9.48. The lowest BCUT2D eigenvalue weighted by Crippen LogP contribution is -2.50. The number of imidazole rings is 1. The van der Waals surface area contributed by atoms with Crippen LogP contribution in [0.25, 0.3) is 11.2 Å². The highest BCUT2D eigenvalue weighted by Crippen LogP contribution is 2.34. The van der Waals surface area contributed by atoms with Gasteiger partial charge in [-0.3, -0.25) is 9.69 Å². The van der Waals surface area contributed by atoms with Crippen LogP contribution in [-0.4, -0.2) is 85.8 Å². The maximum absolute atomic E-state index is 13.4. The molecule has 2 aliphatic rings. The van der Waals surface area contributed by atoms with E-state index < -0.39 is 6.10 Å². The van der Waals surface area contributed by atoms with Gasteiger partial charge in [0.2, 0.25) is 0 Å². The molecule has 0 bridgehead atoms. The molecule has 2 fully saturated rings. The van der Waals surface area contributed by atoms with Gasteiger partial charge in [0.05, 0.1) is 24.5 Å². The van der Waals surface area contributed by atoms with Crippen molar-refractivity contribution < 1.29 is 14.6 Å². The summed E-state index contributed by atoms with van der Waals surface area (Å²) in [6.45, 7) is 3.76. The molecule has 0 radical (unpaired) electrons. The number of likely N-dealkylation sites (N-methyl/N-ethyl adjacent to an activating group) is 1. The molecule has 1 aliphatic heterocycles. The fraction of sp³-hybridized carbons (Fsp3) is 0.520. The largest absolute Gasteiger partial charge is 0.492 e. The van der Waals surface area contributed by atoms with E-state index in [0.717, 1.165) is 38.9 Å². The topological polar surface area (TPSA) is 123 Å². The van der Waals surface area contributed by atoms with Crippen molar-refractivity contribution in [3.63, 3.8) is 0 Å². The van der Waals surface area contributed by atoms with Crippen LogP contribution in [0.5, 0.6) is 5.75 Å². The number of hydrogen-bond donors (Lipinski definition) is 2. The van der Waals surface area contributed by atoms with E-state index in [4.69, 9.17) is 10.5 Å². The zero-order valence-corrected chi connectivity index (χ0v) is 20.1. The highest BCUT2D eigenvalue weighted by Gasteiger charge is 2.38. The lowest BCUT2D eigenvalue weighted by atomic mass is 9.86. The Balaban J connectivity index is 1.27.